The van der Waals surface area contributed by atoms with E-state index >= 15 is 0 Å². The van der Waals surface area contributed by atoms with Gasteiger partial charge in [-0.25, -0.2) is 0 Å². The molecule has 0 amide bonds. The second-order valence-corrected chi connectivity index (χ2v) is 4.57. The van der Waals surface area contributed by atoms with Crippen LogP contribution in [0.2, 0.25) is 0 Å². The standard InChI is InChI=1S/C12H17F3N2O/c13-12(14,15)9-16-5-6-17(10-3-4-10)8-11-2-1-7-18-11/h1-2,7,10,16H,3-6,8-9H2. The summed E-state index contributed by atoms with van der Waals surface area (Å²) in [7, 11) is 0. The maximum absolute atomic E-state index is 12.0. The highest BCUT2D eigenvalue weighted by Crippen LogP contribution is 2.27. The third-order valence-corrected chi connectivity index (χ3v) is 2.90. The molecule has 3 nitrogen and oxygen atoms in total. The third-order valence-electron chi connectivity index (χ3n) is 2.90. The molecule has 1 aromatic heterocycles. The molecule has 2 rings (SSSR count). The minimum atomic E-state index is -4.13. The van der Waals surface area contributed by atoms with Crippen molar-refractivity contribution in [2.75, 3.05) is 19.6 Å². The molecule has 1 aliphatic rings. The molecular formula is C12H17F3N2O. The predicted molar refractivity (Wildman–Crippen MR) is 61.1 cm³/mol. The molecule has 0 unspecified atom stereocenters. The number of hydrogen-bond donors (Lipinski definition) is 1. The largest absolute Gasteiger partial charge is 0.468 e. The van der Waals surface area contributed by atoms with Gasteiger partial charge in [0.25, 0.3) is 0 Å². The third kappa shape index (κ3) is 4.70. The van der Waals surface area contributed by atoms with Crippen molar-refractivity contribution in [3.63, 3.8) is 0 Å². The number of furan rings is 1. The Morgan fingerprint density at radius 2 is 2.17 bits per heavy atom. The molecule has 1 aliphatic carbocycles. The summed E-state index contributed by atoms with van der Waals surface area (Å²) in [6.07, 6.45) is -0.270. The minimum Gasteiger partial charge on any atom is -0.468 e. The highest BCUT2D eigenvalue weighted by Gasteiger charge is 2.30. The number of halogens is 3. The lowest BCUT2D eigenvalue weighted by Crippen LogP contribution is -2.37. The molecule has 1 N–H and O–H groups in total. The van der Waals surface area contributed by atoms with Crippen molar-refractivity contribution in [3.05, 3.63) is 24.2 Å². The Balaban J connectivity index is 1.70. The lowest BCUT2D eigenvalue weighted by atomic mass is 10.3. The minimum absolute atomic E-state index is 0.344. The first-order valence-corrected chi connectivity index (χ1v) is 6.08. The van der Waals surface area contributed by atoms with Crippen molar-refractivity contribution in [1.82, 2.24) is 10.2 Å². The molecule has 102 valence electrons. The van der Waals surface area contributed by atoms with E-state index in [1.807, 2.05) is 12.1 Å². The fourth-order valence-corrected chi connectivity index (χ4v) is 1.89. The van der Waals surface area contributed by atoms with E-state index in [0.717, 1.165) is 18.6 Å². The second-order valence-electron chi connectivity index (χ2n) is 4.57. The van der Waals surface area contributed by atoms with E-state index in [9.17, 15) is 13.2 Å². The van der Waals surface area contributed by atoms with Crippen LogP contribution < -0.4 is 5.32 Å². The van der Waals surface area contributed by atoms with Gasteiger partial charge in [0.2, 0.25) is 0 Å². The highest BCUT2D eigenvalue weighted by atomic mass is 19.4. The molecular weight excluding hydrogens is 245 g/mol. The molecule has 1 fully saturated rings. The number of alkyl halides is 3. The zero-order chi connectivity index (χ0) is 13.0. The van der Waals surface area contributed by atoms with Crippen LogP contribution in [-0.2, 0) is 6.54 Å². The fraction of sp³-hybridized carbons (Fsp3) is 0.667. The Morgan fingerprint density at radius 1 is 1.39 bits per heavy atom. The zero-order valence-electron chi connectivity index (χ0n) is 10.0. The van der Waals surface area contributed by atoms with Crippen LogP contribution in [0.25, 0.3) is 0 Å². The van der Waals surface area contributed by atoms with Crippen molar-refractivity contribution in [2.45, 2.75) is 31.6 Å². The van der Waals surface area contributed by atoms with Crippen molar-refractivity contribution in [1.29, 1.82) is 0 Å². The van der Waals surface area contributed by atoms with Gasteiger partial charge in [-0.2, -0.15) is 13.2 Å². The first-order chi connectivity index (χ1) is 8.54. The molecule has 1 heterocycles. The first kappa shape index (κ1) is 13.4. The van der Waals surface area contributed by atoms with Crippen LogP contribution in [0.3, 0.4) is 0 Å². The highest BCUT2D eigenvalue weighted by molar-refractivity contribution is 4.99. The summed E-state index contributed by atoms with van der Waals surface area (Å²) < 4.78 is 41.2. The summed E-state index contributed by atoms with van der Waals surface area (Å²) in [5.41, 5.74) is 0. The van der Waals surface area contributed by atoms with E-state index in [1.165, 1.54) is 0 Å². The SMILES string of the molecule is FC(F)(F)CNCCN(Cc1ccco1)C1CC1. The van der Waals surface area contributed by atoms with Gasteiger partial charge in [0.1, 0.15) is 5.76 Å². The van der Waals surface area contributed by atoms with Gasteiger partial charge in [-0.1, -0.05) is 0 Å². The quantitative estimate of drug-likeness (QED) is 0.765. The van der Waals surface area contributed by atoms with Crippen LogP contribution in [0.4, 0.5) is 13.2 Å². The number of rotatable bonds is 7. The molecule has 0 radical (unpaired) electrons. The number of nitrogens with one attached hydrogen (secondary N) is 1. The molecule has 0 spiro atoms. The summed E-state index contributed by atoms with van der Waals surface area (Å²) >= 11 is 0. The molecule has 6 heteroatoms. The maximum Gasteiger partial charge on any atom is 0.401 e. The molecule has 1 saturated carbocycles. The van der Waals surface area contributed by atoms with Crippen LogP contribution >= 0.6 is 0 Å². The van der Waals surface area contributed by atoms with E-state index in [2.05, 4.69) is 10.2 Å². The summed E-state index contributed by atoms with van der Waals surface area (Å²) in [5.74, 6) is 0.859. The predicted octanol–water partition coefficient (Wildman–Crippen LogP) is 2.40. The van der Waals surface area contributed by atoms with Gasteiger partial charge in [-0.05, 0) is 25.0 Å². The Labute approximate surface area is 104 Å². The van der Waals surface area contributed by atoms with Gasteiger partial charge >= 0.3 is 6.18 Å². The topological polar surface area (TPSA) is 28.4 Å². The van der Waals surface area contributed by atoms with Crippen molar-refractivity contribution < 1.29 is 17.6 Å². The van der Waals surface area contributed by atoms with E-state index in [4.69, 9.17) is 4.42 Å². The van der Waals surface area contributed by atoms with Crippen molar-refractivity contribution in [2.24, 2.45) is 0 Å². The Bertz CT molecular complexity index is 347. The zero-order valence-corrected chi connectivity index (χ0v) is 10.0. The molecule has 0 aliphatic heterocycles. The van der Waals surface area contributed by atoms with Gasteiger partial charge in [-0.15, -0.1) is 0 Å². The van der Waals surface area contributed by atoms with Crippen LogP contribution in [0, 0.1) is 0 Å². The molecule has 0 saturated heterocycles. The van der Waals surface area contributed by atoms with Crippen molar-refractivity contribution >= 4 is 0 Å². The van der Waals surface area contributed by atoms with Gasteiger partial charge in [0.15, 0.2) is 0 Å². The molecule has 0 bridgehead atoms. The Hall–Kier alpha value is -1.01. The lowest BCUT2D eigenvalue weighted by Gasteiger charge is -2.21. The molecule has 1 aromatic rings. The van der Waals surface area contributed by atoms with Crippen LogP contribution in [-0.4, -0.2) is 36.8 Å². The summed E-state index contributed by atoms with van der Waals surface area (Å²) in [6.45, 7) is 0.704. The van der Waals surface area contributed by atoms with Gasteiger partial charge < -0.3 is 9.73 Å². The molecule has 18 heavy (non-hydrogen) atoms. The van der Waals surface area contributed by atoms with E-state index in [0.29, 0.717) is 25.7 Å². The van der Waals surface area contributed by atoms with Gasteiger partial charge in [-0.3, -0.25) is 4.90 Å². The number of hydrogen-bond acceptors (Lipinski definition) is 3. The van der Waals surface area contributed by atoms with E-state index in [1.54, 1.807) is 6.26 Å². The van der Waals surface area contributed by atoms with Crippen LogP contribution in [0.1, 0.15) is 18.6 Å². The van der Waals surface area contributed by atoms with Gasteiger partial charge in [0.05, 0.1) is 19.4 Å². The summed E-state index contributed by atoms with van der Waals surface area (Å²) in [5, 5.41) is 2.42. The normalized spacial score (nSPS) is 16.4. The average molecular weight is 262 g/mol. The maximum atomic E-state index is 12.0. The first-order valence-electron chi connectivity index (χ1n) is 6.08. The lowest BCUT2D eigenvalue weighted by molar-refractivity contribution is -0.124. The summed E-state index contributed by atoms with van der Waals surface area (Å²) in [6, 6.07) is 4.21. The molecule has 0 aromatic carbocycles. The van der Waals surface area contributed by atoms with Crippen molar-refractivity contribution in [3.8, 4) is 0 Å². The average Bonchev–Trinajstić information content (AvgIpc) is 3.00. The Kier molecular flexibility index (Phi) is 4.29. The summed E-state index contributed by atoms with van der Waals surface area (Å²) in [4.78, 5) is 2.17. The Morgan fingerprint density at radius 3 is 2.72 bits per heavy atom. The second kappa shape index (κ2) is 5.75. The van der Waals surface area contributed by atoms with E-state index in [-0.39, 0.29) is 0 Å². The van der Waals surface area contributed by atoms with Gasteiger partial charge in [0, 0.05) is 19.1 Å². The van der Waals surface area contributed by atoms with Crippen LogP contribution in [0.5, 0.6) is 0 Å². The molecule has 0 atom stereocenters. The number of nitrogens with zero attached hydrogens (tertiary/aromatic N) is 1. The fourth-order valence-electron chi connectivity index (χ4n) is 1.89. The smallest absolute Gasteiger partial charge is 0.401 e. The van der Waals surface area contributed by atoms with E-state index < -0.39 is 12.7 Å². The van der Waals surface area contributed by atoms with Crippen LogP contribution in [0.15, 0.2) is 22.8 Å². The monoisotopic (exact) mass is 262 g/mol.